The Morgan fingerprint density at radius 1 is 0.800 bits per heavy atom. The van der Waals surface area contributed by atoms with Crippen LogP contribution in [0, 0.1) is 0 Å². The molecule has 0 aliphatic heterocycles. The Morgan fingerprint density at radius 2 is 1.36 bits per heavy atom. The van der Waals surface area contributed by atoms with Gasteiger partial charge in [-0.1, -0.05) is 61.5 Å². The largest absolute Gasteiger partial charge is 0.256 e. The predicted octanol–water partition coefficient (Wildman–Crippen LogP) is 7.37. The second-order valence-corrected chi connectivity index (χ2v) is 7.71. The molecule has 0 heterocycles. The van der Waals surface area contributed by atoms with Crippen molar-refractivity contribution in [2.75, 3.05) is 0 Å². The van der Waals surface area contributed by atoms with E-state index < -0.39 is 0 Å². The van der Waals surface area contributed by atoms with Crippen LogP contribution in [0.1, 0.15) is 30.9 Å². The lowest BCUT2D eigenvalue weighted by Crippen LogP contribution is -1.85. The van der Waals surface area contributed by atoms with E-state index in [0.717, 1.165) is 16.3 Å². The van der Waals surface area contributed by atoms with E-state index in [4.69, 9.17) is 11.6 Å². The van der Waals surface area contributed by atoms with Gasteiger partial charge in [0, 0.05) is 21.0 Å². The van der Waals surface area contributed by atoms with Crippen molar-refractivity contribution in [1.82, 2.24) is 0 Å². The summed E-state index contributed by atoms with van der Waals surface area (Å²) in [6, 6.07) is 24.7. The molecule has 0 N–H and O–H groups in total. The summed E-state index contributed by atoms with van der Waals surface area (Å²) in [6.07, 6.45) is 1.90. The maximum absolute atomic E-state index is 5.92. The van der Waals surface area contributed by atoms with Gasteiger partial charge in [-0.25, -0.2) is 0 Å². The van der Waals surface area contributed by atoms with E-state index in [1.165, 1.54) is 15.4 Å². The SMILES string of the molecule is CC(C)c1ccc(N=Cc2ccc(Sc3ccc(Cl)cc3)cc2)cc1. The fourth-order valence-electron chi connectivity index (χ4n) is 2.36. The van der Waals surface area contributed by atoms with Crippen LogP contribution in [-0.2, 0) is 0 Å². The van der Waals surface area contributed by atoms with Crippen molar-refractivity contribution in [3.05, 3.63) is 88.9 Å². The third-order valence-corrected chi connectivity index (χ3v) is 5.12. The van der Waals surface area contributed by atoms with Crippen LogP contribution in [0.25, 0.3) is 0 Å². The summed E-state index contributed by atoms with van der Waals surface area (Å²) in [4.78, 5) is 6.93. The number of benzene rings is 3. The highest BCUT2D eigenvalue weighted by molar-refractivity contribution is 7.99. The maximum Gasteiger partial charge on any atom is 0.0630 e. The molecule has 0 fully saturated rings. The number of nitrogens with zero attached hydrogens (tertiary/aromatic N) is 1. The number of rotatable bonds is 5. The van der Waals surface area contributed by atoms with Gasteiger partial charge < -0.3 is 0 Å². The summed E-state index contributed by atoms with van der Waals surface area (Å²) >= 11 is 7.64. The molecule has 0 saturated heterocycles. The van der Waals surface area contributed by atoms with Gasteiger partial charge in [-0.15, -0.1) is 0 Å². The van der Waals surface area contributed by atoms with Crippen LogP contribution in [-0.4, -0.2) is 6.21 Å². The van der Waals surface area contributed by atoms with Crippen molar-refractivity contribution < 1.29 is 0 Å². The van der Waals surface area contributed by atoms with Gasteiger partial charge in [0.15, 0.2) is 0 Å². The first-order chi connectivity index (χ1) is 12.1. The topological polar surface area (TPSA) is 12.4 Å². The van der Waals surface area contributed by atoms with Crippen LogP contribution in [0.2, 0.25) is 5.02 Å². The van der Waals surface area contributed by atoms with Crippen molar-refractivity contribution >= 4 is 35.3 Å². The van der Waals surface area contributed by atoms with Gasteiger partial charge in [-0.2, -0.15) is 0 Å². The highest BCUT2D eigenvalue weighted by Gasteiger charge is 1.99. The first kappa shape index (κ1) is 17.8. The number of halogens is 1. The highest BCUT2D eigenvalue weighted by Crippen LogP contribution is 2.28. The minimum absolute atomic E-state index is 0.545. The van der Waals surface area contributed by atoms with Crippen molar-refractivity contribution in [3.63, 3.8) is 0 Å². The van der Waals surface area contributed by atoms with E-state index in [9.17, 15) is 0 Å². The van der Waals surface area contributed by atoms with Crippen molar-refractivity contribution in [2.24, 2.45) is 4.99 Å². The van der Waals surface area contributed by atoms with Crippen molar-refractivity contribution in [3.8, 4) is 0 Å². The van der Waals surface area contributed by atoms with E-state index in [0.29, 0.717) is 5.92 Å². The molecule has 0 aliphatic rings. The molecule has 3 aromatic carbocycles. The van der Waals surface area contributed by atoms with E-state index in [2.05, 4.69) is 67.4 Å². The van der Waals surface area contributed by atoms with Crippen LogP contribution in [0.3, 0.4) is 0 Å². The quantitative estimate of drug-likeness (QED) is 0.430. The first-order valence-electron chi connectivity index (χ1n) is 8.28. The Kier molecular flexibility index (Phi) is 5.95. The van der Waals surface area contributed by atoms with Crippen LogP contribution in [0.15, 0.2) is 87.6 Å². The standard InChI is InChI=1S/C22H20ClNS/c1-16(2)18-5-9-20(10-6-18)24-15-17-3-11-21(12-4-17)25-22-13-7-19(23)8-14-22/h3-16H,1-2H3. The molecule has 3 rings (SSSR count). The molecule has 0 aromatic heterocycles. The molecule has 0 aliphatic carbocycles. The fraction of sp³-hybridized carbons (Fsp3) is 0.136. The summed E-state index contributed by atoms with van der Waals surface area (Å²) < 4.78 is 0. The van der Waals surface area contributed by atoms with Gasteiger partial charge in [0.2, 0.25) is 0 Å². The third kappa shape index (κ3) is 5.22. The second-order valence-electron chi connectivity index (χ2n) is 6.13. The smallest absolute Gasteiger partial charge is 0.0630 e. The summed E-state index contributed by atoms with van der Waals surface area (Å²) in [5.74, 6) is 0.545. The minimum Gasteiger partial charge on any atom is -0.256 e. The number of aliphatic imine (C=N–C) groups is 1. The molecule has 0 bridgehead atoms. The Labute approximate surface area is 158 Å². The Hall–Kier alpha value is -2.03. The van der Waals surface area contributed by atoms with Gasteiger partial charge in [-0.05, 0) is 65.6 Å². The molecule has 0 spiro atoms. The highest BCUT2D eigenvalue weighted by atomic mass is 35.5. The van der Waals surface area contributed by atoms with E-state index in [1.54, 1.807) is 11.8 Å². The maximum atomic E-state index is 5.92. The van der Waals surface area contributed by atoms with Crippen LogP contribution in [0.5, 0.6) is 0 Å². The van der Waals surface area contributed by atoms with Gasteiger partial charge in [0.05, 0.1) is 5.69 Å². The number of hydrogen-bond acceptors (Lipinski definition) is 2. The lowest BCUT2D eigenvalue weighted by Gasteiger charge is -2.04. The molecule has 0 unspecified atom stereocenters. The van der Waals surface area contributed by atoms with Crippen LogP contribution in [0.4, 0.5) is 5.69 Å². The normalized spacial score (nSPS) is 11.4. The fourth-order valence-corrected chi connectivity index (χ4v) is 3.30. The molecule has 1 nitrogen and oxygen atoms in total. The van der Waals surface area contributed by atoms with E-state index in [-0.39, 0.29) is 0 Å². The zero-order valence-electron chi connectivity index (χ0n) is 14.3. The summed E-state index contributed by atoms with van der Waals surface area (Å²) in [5.41, 5.74) is 3.40. The summed E-state index contributed by atoms with van der Waals surface area (Å²) in [6.45, 7) is 4.39. The van der Waals surface area contributed by atoms with Gasteiger partial charge in [-0.3, -0.25) is 4.99 Å². The van der Waals surface area contributed by atoms with Gasteiger partial charge in [0.25, 0.3) is 0 Å². The molecular formula is C22H20ClNS. The summed E-state index contributed by atoms with van der Waals surface area (Å²) in [7, 11) is 0. The molecule has 0 radical (unpaired) electrons. The lowest BCUT2D eigenvalue weighted by molar-refractivity contribution is 0.867. The van der Waals surface area contributed by atoms with Crippen molar-refractivity contribution in [2.45, 2.75) is 29.6 Å². The number of hydrogen-bond donors (Lipinski definition) is 0. The average molecular weight is 366 g/mol. The monoisotopic (exact) mass is 365 g/mol. The minimum atomic E-state index is 0.545. The third-order valence-electron chi connectivity index (χ3n) is 3.85. The Balaban J connectivity index is 1.64. The first-order valence-corrected chi connectivity index (χ1v) is 9.47. The molecule has 25 heavy (non-hydrogen) atoms. The molecule has 0 atom stereocenters. The Morgan fingerprint density at radius 3 is 1.92 bits per heavy atom. The summed E-state index contributed by atoms with van der Waals surface area (Å²) in [5, 5.41) is 0.761. The lowest BCUT2D eigenvalue weighted by atomic mass is 10.0. The molecule has 126 valence electrons. The van der Waals surface area contributed by atoms with Gasteiger partial charge >= 0.3 is 0 Å². The molecule has 0 amide bonds. The molecule has 3 aromatic rings. The average Bonchev–Trinajstić information content (AvgIpc) is 2.63. The van der Waals surface area contributed by atoms with Crippen LogP contribution < -0.4 is 0 Å². The van der Waals surface area contributed by atoms with E-state index >= 15 is 0 Å². The van der Waals surface area contributed by atoms with Crippen molar-refractivity contribution in [1.29, 1.82) is 0 Å². The second kappa shape index (κ2) is 8.37. The predicted molar refractivity (Wildman–Crippen MR) is 110 cm³/mol. The zero-order chi connectivity index (χ0) is 17.6. The molecule has 0 saturated carbocycles. The zero-order valence-corrected chi connectivity index (χ0v) is 15.9. The van der Waals surface area contributed by atoms with Crippen LogP contribution >= 0.6 is 23.4 Å². The molecular weight excluding hydrogens is 346 g/mol. The Bertz CT molecular complexity index is 835. The van der Waals surface area contributed by atoms with Gasteiger partial charge in [0.1, 0.15) is 0 Å². The molecule has 3 heteroatoms. The van der Waals surface area contributed by atoms with E-state index in [1.807, 2.05) is 30.5 Å².